The van der Waals surface area contributed by atoms with Crippen LogP contribution in [0.1, 0.15) is 37.7 Å². The van der Waals surface area contributed by atoms with Crippen molar-refractivity contribution in [3.63, 3.8) is 0 Å². The molecule has 1 fully saturated rings. The molecule has 1 aliphatic rings. The second-order valence-corrected chi connectivity index (χ2v) is 8.67. The SMILES string of the molecule is CN(C)c1nc(NC2CCC(NC(=O)CCc3ccccc3O)CC2)nc2ccccc12. The van der Waals surface area contributed by atoms with Crippen molar-refractivity contribution in [2.75, 3.05) is 24.3 Å². The summed E-state index contributed by atoms with van der Waals surface area (Å²) in [4.78, 5) is 23.8. The molecule has 3 N–H and O–H groups in total. The number of carbonyl (C=O) groups is 1. The molecule has 0 aliphatic heterocycles. The number of aromatic hydroxyl groups is 1. The van der Waals surface area contributed by atoms with Gasteiger partial charge in [0.2, 0.25) is 11.9 Å². The number of hydrogen-bond donors (Lipinski definition) is 3. The Kier molecular flexibility index (Phi) is 6.73. The minimum atomic E-state index is 0.0400. The third-order valence-electron chi connectivity index (χ3n) is 6.05. The molecule has 0 atom stereocenters. The van der Waals surface area contributed by atoms with Crippen molar-refractivity contribution in [2.24, 2.45) is 0 Å². The first kappa shape index (κ1) is 21.9. The summed E-state index contributed by atoms with van der Waals surface area (Å²) in [5.41, 5.74) is 1.74. The van der Waals surface area contributed by atoms with E-state index in [0.717, 1.165) is 48.0 Å². The Balaban J connectivity index is 1.29. The molecular weight excluding hydrogens is 402 g/mol. The van der Waals surface area contributed by atoms with Crippen molar-refractivity contribution in [2.45, 2.75) is 50.6 Å². The molecule has 3 aromatic rings. The van der Waals surface area contributed by atoms with Gasteiger partial charge in [0, 0.05) is 38.0 Å². The van der Waals surface area contributed by atoms with Crippen LogP contribution in [0.5, 0.6) is 5.75 Å². The van der Waals surface area contributed by atoms with E-state index in [0.29, 0.717) is 24.8 Å². The fourth-order valence-corrected chi connectivity index (χ4v) is 4.30. The molecule has 0 radical (unpaired) electrons. The first-order valence-electron chi connectivity index (χ1n) is 11.3. The lowest BCUT2D eigenvalue weighted by molar-refractivity contribution is -0.122. The highest BCUT2D eigenvalue weighted by molar-refractivity contribution is 5.90. The fourth-order valence-electron chi connectivity index (χ4n) is 4.30. The molecule has 2 aromatic carbocycles. The lowest BCUT2D eigenvalue weighted by Crippen LogP contribution is -2.40. The van der Waals surface area contributed by atoms with E-state index in [4.69, 9.17) is 9.97 Å². The van der Waals surface area contributed by atoms with E-state index in [1.54, 1.807) is 12.1 Å². The van der Waals surface area contributed by atoms with E-state index >= 15 is 0 Å². The summed E-state index contributed by atoms with van der Waals surface area (Å²) in [5.74, 6) is 1.85. The monoisotopic (exact) mass is 433 g/mol. The quantitative estimate of drug-likeness (QED) is 0.524. The van der Waals surface area contributed by atoms with E-state index in [2.05, 4.69) is 10.6 Å². The molecule has 0 bridgehead atoms. The topological polar surface area (TPSA) is 90.4 Å². The van der Waals surface area contributed by atoms with E-state index < -0.39 is 0 Å². The molecule has 0 spiro atoms. The van der Waals surface area contributed by atoms with E-state index in [1.807, 2.05) is 55.4 Å². The van der Waals surface area contributed by atoms with Gasteiger partial charge in [-0.2, -0.15) is 4.98 Å². The highest BCUT2D eigenvalue weighted by Gasteiger charge is 2.23. The summed E-state index contributed by atoms with van der Waals surface area (Å²) >= 11 is 0. The van der Waals surface area contributed by atoms with Gasteiger partial charge in [0.05, 0.1) is 5.52 Å². The number of benzene rings is 2. The number of nitrogens with zero attached hydrogens (tertiary/aromatic N) is 3. The van der Waals surface area contributed by atoms with Crippen LogP contribution in [0.15, 0.2) is 48.5 Å². The fraction of sp³-hybridized carbons (Fsp3) is 0.400. The second-order valence-electron chi connectivity index (χ2n) is 8.67. The van der Waals surface area contributed by atoms with Crippen LogP contribution < -0.4 is 15.5 Å². The zero-order valence-corrected chi connectivity index (χ0v) is 18.7. The van der Waals surface area contributed by atoms with Gasteiger partial charge in [0.1, 0.15) is 11.6 Å². The number of amides is 1. The van der Waals surface area contributed by atoms with Crippen molar-refractivity contribution in [3.05, 3.63) is 54.1 Å². The van der Waals surface area contributed by atoms with Crippen LogP contribution in [0.25, 0.3) is 10.9 Å². The minimum absolute atomic E-state index is 0.0400. The first-order valence-corrected chi connectivity index (χ1v) is 11.3. The van der Waals surface area contributed by atoms with E-state index in [-0.39, 0.29) is 17.7 Å². The van der Waals surface area contributed by atoms with Gasteiger partial charge in [-0.15, -0.1) is 0 Å². The summed E-state index contributed by atoms with van der Waals surface area (Å²) in [5, 5.41) is 17.6. The molecule has 0 unspecified atom stereocenters. The normalized spacial score (nSPS) is 18.3. The predicted octanol–water partition coefficient (Wildman–Crippen LogP) is 3.87. The Morgan fingerprint density at radius 2 is 1.69 bits per heavy atom. The van der Waals surface area contributed by atoms with Crippen molar-refractivity contribution < 1.29 is 9.90 Å². The van der Waals surface area contributed by atoms with Gasteiger partial charge in [-0.05, 0) is 55.9 Å². The number of hydrogen-bond acceptors (Lipinski definition) is 6. The number of aromatic nitrogens is 2. The Bertz CT molecular complexity index is 1080. The molecule has 1 amide bonds. The summed E-state index contributed by atoms with van der Waals surface area (Å²) < 4.78 is 0. The van der Waals surface area contributed by atoms with Crippen LogP contribution >= 0.6 is 0 Å². The van der Waals surface area contributed by atoms with Crippen LogP contribution in [0.3, 0.4) is 0 Å². The molecule has 7 nitrogen and oxygen atoms in total. The van der Waals surface area contributed by atoms with Crippen LogP contribution in [-0.4, -0.2) is 47.2 Å². The number of aryl methyl sites for hydroxylation is 1. The smallest absolute Gasteiger partial charge is 0.225 e. The Morgan fingerprint density at radius 1 is 1.00 bits per heavy atom. The van der Waals surface area contributed by atoms with Crippen LogP contribution in [0.4, 0.5) is 11.8 Å². The second kappa shape index (κ2) is 9.85. The molecule has 4 rings (SSSR count). The van der Waals surface area contributed by atoms with Crippen LogP contribution in [0.2, 0.25) is 0 Å². The number of para-hydroxylation sites is 2. The number of phenolic OH excluding ortho intramolecular Hbond substituents is 1. The summed E-state index contributed by atoms with van der Waals surface area (Å²) in [7, 11) is 3.98. The lowest BCUT2D eigenvalue weighted by atomic mass is 9.91. The highest BCUT2D eigenvalue weighted by atomic mass is 16.3. The standard InChI is InChI=1S/C25H31N5O2/c1-30(2)24-20-8-4-5-9-21(20)28-25(29-24)27-19-14-12-18(13-15-19)26-23(32)16-11-17-7-3-6-10-22(17)31/h3-10,18-19,31H,11-16H2,1-2H3,(H,26,32)(H,27,28,29). The number of phenols is 1. The number of rotatable bonds is 7. The Morgan fingerprint density at radius 3 is 2.44 bits per heavy atom. The number of carbonyl (C=O) groups excluding carboxylic acids is 1. The van der Waals surface area contributed by atoms with Crippen LogP contribution in [0, 0.1) is 0 Å². The van der Waals surface area contributed by atoms with Gasteiger partial charge in [-0.3, -0.25) is 4.79 Å². The molecule has 1 heterocycles. The van der Waals surface area contributed by atoms with Crippen molar-refractivity contribution in [1.82, 2.24) is 15.3 Å². The zero-order valence-electron chi connectivity index (χ0n) is 18.7. The molecule has 7 heteroatoms. The van der Waals surface area contributed by atoms with Crippen molar-refractivity contribution in [3.8, 4) is 5.75 Å². The molecule has 0 saturated heterocycles. The van der Waals surface area contributed by atoms with Gasteiger partial charge in [0.25, 0.3) is 0 Å². The predicted molar refractivity (Wildman–Crippen MR) is 128 cm³/mol. The van der Waals surface area contributed by atoms with Gasteiger partial charge >= 0.3 is 0 Å². The van der Waals surface area contributed by atoms with E-state index in [1.165, 1.54) is 0 Å². The maximum Gasteiger partial charge on any atom is 0.225 e. The summed E-state index contributed by atoms with van der Waals surface area (Å²) in [6.45, 7) is 0. The van der Waals surface area contributed by atoms with Crippen LogP contribution in [-0.2, 0) is 11.2 Å². The molecule has 1 saturated carbocycles. The summed E-state index contributed by atoms with van der Waals surface area (Å²) in [6.07, 6.45) is 4.69. The maximum absolute atomic E-state index is 12.4. The molecule has 32 heavy (non-hydrogen) atoms. The minimum Gasteiger partial charge on any atom is -0.508 e. The number of anilines is 2. The third-order valence-corrected chi connectivity index (χ3v) is 6.05. The largest absolute Gasteiger partial charge is 0.508 e. The van der Waals surface area contributed by atoms with Gasteiger partial charge in [-0.25, -0.2) is 4.98 Å². The Hall–Kier alpha value is -3.35. The summed E-state index contributed by atoms with van der Waals surface area (Å²) in [6, 6.07) is 15.7. The average Bonchev–Trinajstić information content (AvgIpc) is 2.79. The van der Waals surface area contributed by atoms with Gasteiger partial charge in [-0.1, -0.05) is 30.3 Å². The van der Waals surface area contributed by atoms with Crippen molar-refractivity contribution >= 4 is 28.6 Å². The van der Waals surface area contributed by atoms with Gasteiger partial charge < -0.3 is 20.6 Å². The highest BCUT2D eigenvalue weighted by Crippen LogP contribution is 2.26. The number of nitrogens with one attached hydrogen (secondary N) is 2. The van der Waals surface area contributed by atoms with Crippen molar-refractivity contribution in [1.29, 1.82) is 0 Å². The lowest BCUT2D eigenvalue weighted by Gasteiger charge is -2.30. The molecule has 1 aliphatic carbocycles. The Labute approximate surface area is 188 Å². The molecule has 1 aromatic heterocycles. The first-order chi connectivity index (χ1) is 15.5. The number of fused-ring (bicyclic) bond motifs is 1. The maximum atomic E-state index is 12.4. The third kappa shape index (κ3) is 5.28. The molecule has 168 valence electrons. The molecular formula is C25H31N5O2. The average molecular weight is 434 g/mol. The zero-order chi connectivity index (χ0) is 22.5. The van der Waals surface area contributed by atoms with Gasteiger partial charge in [0.15, 0.2) is 0 Å². The van der Waals surface area contributed by atoms with E-state index in [9.17, 15) is 9.90 Å².